The summed E-state index contributed by atoms with van der Waals surface area (Å²) < 4.78 is 0. The van der Waals surface area contributed by atoms with Gasteiger partial charge in [0.15, 0.2) is 5.78 Å². The first-order valence-electron chi connectivity index (χ1n) is 8.35. The Bertz CT molecular complexity index is 558. The number of aromatic nitrogens is 1. The molecule has 1 aromatic heterocycles. The zero-order chi connectivity index (χ0) is 15.5. The van der Waals surface area contributed by atoms with Crippen molar-refractivity contribution >= 4 is 11.6 Å². The number of hydrogen-bond donors (Lipinski definition) is 0. The predicted octanol–water partition coefficient (Wildman–Crippen LogP) is 2.52. The number of ketones is 2. The second kappa shape index (κ2) is 6.69. The van der Waals surface area contributed by atoms with Crippen molar-refractivity contribution in [3.63, 3.8) is 0 Å². The summed E-state index contributed by atoms with van der Waals surface area (Å²) >= 11 is 0. The molecule has 0 N–H and O–H groups in total. The molecular formula is C18H24N2O2. The molecular weight excluding hydrogens is 276 g/mol. The van der Waals surface area contributed by atoms with Crippen LogP contribution in [0.5, 0.6) is 0 Å². The van der Waals surface area contributed by atoms with Crippen LogP contribution in [0.2, 0.25) is 0 Å². The van der Waals surface area contributed by atoms with Gasteiger partial charge in [-0.05, 0) is 58.0 Å². The molecule has 0 spiro atoms. The van der Waals surface area contributed by atoms with Gasteiger partial charge in [0.2, 0.25) is 0 Å². The molecule has 4 nitrogen and oxygen atoms in total. The van der Waals surface area contributed by atoms with Crippen molar-refractivity contribution < 1.29 is 9.59 Å². The predicted molar refractivity (Wildman–Crippen MR) is 84.8 cm³/mol. The quantitative estimate of drug-likeness (QED) is 0.784. The summed E-state index contributed by atoms with van der Waals surface area (Å²) in [7, 11) is 2.09. The van der Waals surface area contributed by atoms with Gasteiger partial charge in [-0.25, -0.2) is 4.98 Å². The SMILES string of the molecule is CN1CCC(C(=O)c2cccc(CC(=O)C3CCC3)n2)CC1. The Kier molecular flexibility index (Phi) is 4.67. The highest BCUT2D eigenvalue weighted by Gasteiger charge is 2.27. The number of hydrogen-bond acceptors (Lipinski definition) is 4. The van der Waals surface area contributed by atoms with Gasteiger partial charge in [-0.15, -0.1) is 0 Å². The van der Waals surface area contributed by atoms with Crippen LogP contribution in [-0.2, 0) is 11.2 Å². The number of likely N-dealkylation sites (tertiary alicyclic amines) is 1. The van der Waals surface area contributed by atoms with Crippen molar-refractivity contribution in [3.05, 3.63) is 29.6 Å². The first-order chi connectivity index (χ1) is 10.6. The lowest BCUT2D eigenvalue weighted by molar-refractivity contribution is -0.124. The van der Waals surface area contributed by atoms with Gasteiger partial charge >= 0.3 is 0 Å². The molecule has 1 aromatic rings. The van der Waals surface area contributed by atoms with Crippen molar-refractivity contribution in [2.24, 2.45) is 11.8 Å². The molecule has 0 unspecified atom stereocenters. The monoisotopic (exact) mass is 300 g/mol. The van der Waals surface area contributed by atoms with Crippen molar-refractivity contribution in [3.8, 4) is 0 Å². The lowest BCUT2D eigenvalue weighted by Gasteiger charge is -2.27. The van der Waals surface area contributed by atoms with Crippen LogP contribution in [0.4, 0.5) is 0 Å². The molecule has 4 heteroatoms. The van der Waals surface area contributed by atoms with E-state index >= 15 is 0 Å². The third-order valence-electron chi connectivity index (χ3n) is 5.06. The van der Waals surface area contributed by atoms with Crippen LogP contribution in [0.1, 0.15) is 48.3 Å². The Morgan fingerprint density at radius 3 is 2.50 bits per heavy atom. The van der Waals surface area contributed by atoms with Gasteiger partial charge in [0.05, 0.1) is 0 Å². The maximum Gasteiger partial charge on any atom is 0.184 e. The zero-order valence-corrected chi connectivity index (χ0v) is 13.3. The van der Waals surface area contributed by atoms with Crippen LogP contribution in [0.3, 0.4) is 0 Å². The van der Waals surface area contributed by atoms with Crippen molar-refractivity contribution in [1.29, 1.82) is 0 Å². The first kappa shape index (κ1) is 15.3. The second-order valence-corrected chi connectivity index (χ2v) is 6.73. The molecule has 1 aliphatic carbocycles. The molecule has 0 amide bonds. The fourth-order valence-electron chi connectivity index (χ4n) is 3.25. The topological polar surface area (TPSA) is 50.3 Å². The molecule has 22 heavy (non-hydrogen) atoms. The summed E-state index contributed by atoms with van der Waals surface area (Å²) in [4.78, 5) is 31.4. The molecule has 118 valence electrons. The normalized spacial score (nSPS) is 20.6. The molecule has 3 rings (SSSR count). The summed E-state index contributed by atoms with van der Waals surface area (Å²) in [5, 5.41) is 0. The van der Waals surface area contributed by atoms with E-state index in [1.54, 1.807) is 6.07 Å². The lowest BCUT2D eigenvalue weighted by Crippen LogP contribution is -2.34. The number of piperidine rings is 1. The average molecular weight is 300 g/mol. The summed E-state index contributed by atoms with van der Waals surface area (Å²) in [6.45, 7) is 1.94. The van der Waals surface area contributed by atoms with E-state index in [0.29, 0.717) is 12.1 Å². The van der Waals surface area contributed by atoms with Crippen molar-refractivity contribution in [2.75, 3.05) is 20.1 Å². The van der Waals surface area contributed by atoms with Gasteiger partial charge in [-0.2, -0.15) is 0 Å². The number of pyridine rings is 1. The number of rotatable bonds is 5. The second-order valence-electron chi connectivity index (χ2n) is 6.73. The standard InChI is InChI=1S/C18H24N2O2/c1-20-10-8-14(9-11-20)18(22)16-7-3-6-15(19-16)12-17(21)13-4-2-5-13/h3,6-7,13-14H,2,4-5,8-12H2,1H3. The largest absolute Gasteiger partial charge is 0.306 e. The molecule has 1 saturated carbocycles. The third kappa shape index (κ3) is 3.43. The Hall–Kier alpha value is -1.55. The van der Waals surface area contributed by atoms with Crippen LogP contribution in [0.25, 0.3) is 0 Å². The van der Waals surface area contributed by atoms with Crippen molar-refractivity contribution in [2.45, 2.75) is 38.5 Å². The smallest absolute Gasteiger partial charge is 0.184 e. The average Bonchev–Trinajstić information content (AvgIpc) is 2.45. The van der Waals surface area contributed by atoms with Crippen LogP contribution in [0.15, 0.2) is 18.2 Å². The lowest BCUT2D eigenvalue weighted by atomic mass is 9.81. The van der Waals surface area contributed by atoms with Gasteiger partial charge in [-0.3, -0.25) is 9.59 Å². The van der Waals surface area contributed by atoms with E-state index < -0.39 is 0 Å². The van der Waals surface area contributed by atoms with Gasteiger partial charge in [0, 0.05) is 24.0 Å². The van der Waals surface area contributed by atoms with E-state index in [2.05, 4.69) is 16.9 Å². The molecule has 0 atom stereocenters. The molecule has 2 aliphatic rings. The first-order valence-corrected chi connectivity index (χ1v) is 8.35. The fourth-order valence-corrected chi connectivity index (χ4v) is 3.25. The summed E-state index contributed by atoms with van der Waals surface area (Å²) in [5.74, 6) is 0.741. The van der Waals surface area contributed by atoms with E-state index in [1.807, 2.05) is 12.1 Å². The molecule has 1 saturated heterocycles. The Balaban J connectivity index is 1.65. The van der Waals surface area contributed by atoms with E-state index in [1.165, 1.54) is 6.42 Å². The third-order valence-corrected chi connectivity index (χ3v) is 5.06. The zero-order valence-electron chi connectivity index (χ0n) is 13.3. The Labute approximate surface area is 131 Å². The highest BCUT2D eigenvalue weighted by atomic mass is 16.1. The number of carbonyl (C=O) groups is 2. The summed E-state index contributed by atoms with van der Waals surface area (Å²) in [6.07, 6.45) is 5.39. The summed E-state index contributed by atoms with van der Waals surface area (Å²) in [6, 6.07) is 5.51. The van der Waals surface area contributed by atoms with Gasteiger partial charge in [0.25, 0.3) is 0 Å². The minimum atomic E-state index is 0.0845. The van der Waals surface area contributed by atoms with E-state index in [-0.39, 0.29) is 23.4 Å². The molecule has 0 radical (unpaired) electrons. The molecule has 0 bridgehead atoms. The number of nitrogens with zero attached hydrogens (tertiary/aromatic N) is 2. The number of Topliss-reactive ketones (excluding diaryl/α,β-unsaturated/α-hetero) is 2. The highest BCUT2D eigenvalue weighted by molar-refractivity contribution is 5.96. The van der Waals surface area contributed by atoms with Gasteiger partial charge in [-0.1, -0.05) is 12.5 Å². The van der Waals surface area contributed by atoms with Crippen LogP contribution in [-0.4, -0.2) is 41.6 Å². The van der Waals surface area contributed by atoms with E-state index in [0.717, 1.165) is 44.5 Å². The molecule has 0 aromatic carbocycles. The maximum atomic E-state index is 12.6. The maximum absolute atomic E-state index is 12.6. The van der Waals surface area contributed by atoms with Gasteiger partial charge < -0.3 is 4.90 Å². The highest BCUT2D eigenvalue weighted by Crippen LogP contribution is 2.28. The van der Waals surface area contributed by atoms with Crippen molar-refractivity contribution in [1.82, 2.24) is 9.88 Å². The minimum Gasteiger partial charge on any atom is -0.306 e. The van der Waals surface area contributed by atoms with Crippen LogP contribution >= 0.6 is 0 Å². The van der Waals surface area contributed by atoms with Gasteiger partial charge in [0.1, 0.15) is 11.5 Å². The summed E-state index contributed by atoms with van der Waals surface area (Å²) in [5.41, 5.74) is 1.28. The fraction of sp³-hybridized carbons (Fsp3) is 0.611. The van der Waals surface area contributed by atoms with E-state index in [9.17, 15) is 9.59 Å². The van der Waals surface area contributed by atoms with Crippen LogP contribution < -0.4 is 0 Å². The number of carbonyl (C=O) groups excluding carboxylic acids is 2. The Morgan fingerprint density at radius 2 is 1.86 bits per heavy atom. The van der Waals surface area contributed by atoms with Crippen LogP contribution in [0, 0.1) is 11.8 Å². The molecule has 2 fully saturated rings. The molecule has 2 heterocycles. The van der Waals surface area contributed by atoms with E-state index in [4.69, 9.17) is 0 Å². The minimum absolute atomic E-state index is 0.0845. The molecule has 1 aliphatic heterocycles. The Morgan fingerprint density at radius 1 is 1.14 bits per heavy atom.